The number of hydrogen-bond donors (Lipinski definition) is 4. The van der Waals surface area contributed by atoms with Gasteiger partial charge in [-0.15, -0.1) is 0 Å². The number of para-hydroxylation sites is 1. The Bertz CT molecular complexity index is 1030. The van der Waals surface area contributed by atoms with E-state index in [0.29, 0.717) is 41.4 Å². The summed E-state index contributed by atoms with van der Waals surface area (Å²) in [6.07, 6.45) is 2.28. The molecule has 0 saturated carbocycles. The predicted molar refractivity (Wildman–Crippen MR) is 106 cm³/mol. The van der Waals surface area contributed by atoms with Crippen LogP contribution in [0.3, 0.4) is 0 Å². The van der Waals surface area contributed by atoms with Gasteiger partial charge in [-0.2, -0.15) is 0 Å². The maximum Gasteiger partial charge on any atom is 0.255 e. The minimum Gasteiger partial charge on any atom is -0.493 e. The third-order valence-corrected chi connectivity index (χ3v) is 4.95. The predicted octanol–water partition coefficient (Wildman–Crippen LogP) is 2.85. The molecule has 0 saturated heterocycles. The molecule has 0 spiro atoms. The lowest BCUT2D eigenvalue weighted by Gasteiger charge is -2.17. The lowest BCUT2D eigenvalue weighted by atomic mass is 10.1. The number of halogens is 1. The second-order valence-corrected chi connectivity index (χ2v) is 6.83. The summed E-state index contributed by atoms with van der Waals surface area (Å²) < 4.78 is 6.30. The highest BCUT2D eigenvalue weighted by Gasteiger charge is 2.28. The Kier molecular flexibility index (Phi) is 4.44. The molecule has 1 amide bonds. The number of amides is 1. The smallest absolute Gasteiger partial charge is 0.255 e. The molecular weight excluding hydrogens is 412 g/mol. The number of benzene rings is 1. The van der Waals surface area contributed by atoms with Crippen molar-refractivity contribution in [3.05, 3.63) is 46.2 Å². The standard InChI is InChI=1S/C18H17BrN6O2/c1-27-16-9(19)3-2-4-12(16)24-15-13-10(5-7-21-17(13)26)23-14(15)11-6-8-22-18(20)25-11/h2-4,6,8,23-24H,5,7H2,1H3,(H,21,26)(H2,20,22,25). The summed E-state index contributed by atoms with van der Waals surface area (Å²) in [5, 5.41) is 6.22. The minimum atomic E-state index is -0.141. The zero-order valence-electron chi connectivity index (χ0n) is 14.5. The Morgan fingerprint density at radius 2 is 2.19 bits per heavy atom. The maximum atomic E-state index is 12.6. The van der Waals surface area contributed by atoms with Gasteiger partial charge in [0.05, 0.1) is 39.9 Å². The number of nitrogens with one attached hydrogen (secondary N) is 3. The molecule has 0 unspecified atom stereocenters. The zero-order chi connectivity index (χ0) is 19.0. The topological polar surface area (TPSA) is 118 Å². The number of nitrogens with zero attached hydrogens (tertiary/aromatic N) is 2. The Labute approximate surface area is 163 Å². The molecule has 4 rings (SSSR count). The van der Waals surface area contributed by atoms with E-state index in [2.05, 4.69) is 41.5 Å². The van der Waals surface area contributed by atoms with E-state index in [1.165, 1.54) is 0 Å². The van der Waals surface area contributed by atoms with Crippen LogP contribution in [0.2, 0.25) is 0 Å². The minimum absolute atomic E-state index is 0.141. The zero-order valence-corrected chi connectivity index (χ0v) is 16.1. The van der Waals surface area contributed by atoms with Gasteiger partial charge in [0.15, 0.2) is 5.75 Å². The summed E-state index contributed by atoms with van der Waals surface area (Å²) in [5.74, 6) is 0.657. The monoisotopic (exact) mass is 428 g/mol. The summed E-state index contributed by atoms with van der Waals surface area (Å²) in [7, 11) is 1.59. The third kappa shape index (κ3) is 3.10. The second-order valence-electron chi connectivity index (χ2n) is 5.98. The Balaban J connectivity index is 1.90. The molecule has 2 aromatic heterocycles. The van der Waals surface area contributed by atoms with E-state index in [-0.39, 0.29) is 11.9 Å². The molecular formula is C18H17BrN6O2. The highest BCUT2D eigenvalue weighted by molar-refractivity contribution is 9.10. The molecule has 3 heterocycles. The average Bonchev–Trinajstić information content (AvgIpc) is 3.02. The van der Waals surface area contributed by atoms with E-state index < -0.39 is 0 Å². The quantitative estimate of drug-likeness (QED) is 0.507. The number of ether oxygens (including phenoxy) is 1. The molecule has 9 heteroatoms. The van der Waals surface area contributed by atoms with Crippen molar-refractivity contribution in [3.63, 3.8) is 0 Å². The Morgan fingerprint density at radius 3 is 2.96 bits per heavy atom. The van der Waals surface area contributed by atoms with Crippen LogP contribution in [0.15, 0.2) is 34.9 Å². The first-order chi connectivity index (χ1) is 13.1. The van der Waals surface area contributed by atoms with Crippen LogP contribution in [0, 0.1) is 0 Å². The number of carbonyl (C=O) groups is 1. The fourth-order valence-electron chi connectivity index (χ4n) is 3.16. The highest BCUT2D eigenvalue weighted by Crippen LogP contribution is 2.40. The van der Waals surface area contributed by atoms with Gasteiger partial charge in [0.25, 0.3) is 5.91 Å². The molecule has 0 bridgehead atoms. The lowest BCUT2D eigenvalue weighted by Crippen LogP contribution is -2.31. The third-order valence-electron chi connectivity index (χ3n) is 4.33. The molecule has 1 aliphatic rings. The van der Waals surface area contributed by atoms with Gasteiger partial charge in [-0.05, 0) is 34.1 Å². The maximum absolute atomic E-state index is 12.6. The van der Waals surface area contributed by atoms with Crippen molar-refractivity contribution in [2.45, 2.75) is 6.42 Å². The number of rotatable bonds is 4. The fourth-order valence-corrected chi connectivity index (χ4v) is 3.69. The van der Waals surface area contributed by atoms with Crippen LogP contribution in [0.5, 0.6) is 5.75 Å². The number of nitrogens with two attached hydrogens (primary N) is 1. The number of methoxy groups -OCH3 is 1. The summed E-state index contributed by atoms with van der Waals surface area (Å²) in [4.78, 5) is 24.1. The van der Waals surface area contributed by atoms with Crippen LogP contribution in [-0.2, 0) is 6.42 Å². The molecule has 3 aromatic rings. The van der Waals surface area contributed by atoms with Gasteiger partial charge in [0, 0.05) is 24.9 Å². The molecule has 1 aliphatic heterocycles. The number of nitrogen functional groups attached to an aromatic ring is 1. The van der Waals surface area contributed by atoms with Gasteiger partial charge in [0.2, 0.25) is 5.95 Å². The van der Waals surface area contributed by atoms with Gasteiger partial charge in [0.1, 0.15) is 0 Å². The van der Waals surface area contributed by atoms with Crippen LogP contribution in [0.1, 0.15) is 16.1 Å². The summed E-state index contributed by atoms with van der Waals surface area (Å²) in [6.45, 7) is 0.581. The van der Waals surface area contributed by atoms with Gasteiger partial charge < -0.3 is 26.1 Å². The van der Waals surface area contributed by atoms with E-state index in [0.717, 1.165) is 15.9 Å². The van der Waals surface area contributed by atoms with Crippen molar-refractivity contribution in [2.24, 2.45) is 0 Å². The van der Waals surface area contributed by atoms with Crippen LogP contribution in [-0.4, -0.2) is 34.5 Å². The molecule has 27 heavy (non-hydrogen) atoms. The normalized spacial score (nSPS) is 13.0. The molecule has 8 nitrogen and oxygen atoms in total. The number of aromatic amines is 1. The molecule has 5 N–H and O–H groups in total. The van der Waals surface area contributed by atoms with Crippen LogP contribution < -0.4 is 21.1 Å². The number of aromatic nitrogens is 3. The largest absolute Gasteiger partial charge is 0.493 e. The summed E-state index contributed by atoms with van der Waals surface area (Å²) in [5.41, 5.74) is 9.78. The van der Waals surface area contributed by atoms with E-state index in [9.17, 15) is 4.79 Å². The number of hydrogen-bond acceptors (Lipinski definition) is 6. The summed E-state index contributed by atoms with van der Waals surface area (Å²) in [6, 6.07) is 7.39. The SMILES string of the molecule is COc1c(Br)cccc1Nc1c(-c2ccnc(N)n2)[nH]c2c1C(=O)NCC2. The van der Waals surface area contributed by atoms with Crippen molar-refractivity contribution in [1.82, 2.24) is 20.3 Å². The van der Waals surface area contributed by atoms with Crippen LogP contribution in [0.4, 0.5) is 17.3 Å². The van der Waals surface area contributed by atoms with Gasteiger partial charge in [-0.25, -0.2) is 9.97 Å². The number of fused-ring (bicyclic) bond motifs is 1. The first kappa shape index (κ1) is 17.3. The van der Waals surface area contributed by atoms with Crippen molar-refractivity contribution < 1.29 is 9.53 Å². The highest BCUT2D eigenvalue weighted by atomic mass is 79.9. The fraction of sp³-hybridized carbons (Fsp3) is 0.167. The van der Waals surface area contributed by atoms with Gasteiger partial charge >= 0.3 is 0 Å². The molecule has 0 fully saturated rings. The van der Waals surface area contributed by atoms with Crippen molar-refractivity contribution in [2.75, 3.05) is 24.7 Å². The summed E-state index contributed by atoms with van der Waals surface area (Å²) >= 11 is 3.48. The van der Waals surface area contributed by atoms with E-state index in [4.69, 9.17) is 10.5 Å². The van der Waals surface area contributed by atoms with Gasteiger partial charge in [-0.1, -0.05) is 6.07 Å². The van der Waals surface area contributed by atoms with E-state index in [1.54, 1.807) is 19.4 Å². The molecule has 0 atom stereocenters. The van der Waals surface area contributed by atoms with Gasteiger partial charge in [-0.3, -0.25) is 4.79 Å². The number of carbonyl (C=O) groups excluding carboxylic acids is 1. The van der Waals surface area contributed by atoms with E-state index in [1.807, 2.05) is 18.2 Å². The number of anilines is 3. The molecule has 138 valence electrons. The Hall–Kier alpha value is -3.07. The number of H-pyrrole nitrogens is 1. The average molecular weight is 429 g/mol. The second kappa shape index (κ2) is 6.92. The van der Waals surface area contributed by atoms with Crippen LogP contribution >= 0.6 is 15.9 Å². The Morgan fingerprint density at radius 1 is 1.33 bits per heavy atom. The van der Waals surface area contributed by atoms with Crippen LogP contribution in [0.25, 0.3) is 11.4 Å². The van der Waals surface area contributed by atoms with E-state index >= 15 is 0 Å². The molecule has 1 aromatic carbocycles. The van der Waals surface area contributed by atoms with Crippen molar-refractivity contribution >= 4 is 39.2 Å². The van der Waals surface area contributed by atoms with Crippen molar-refractivity contribution in [3.8, 4) is 17.1 Å². The lowest BCUT2D eigenvalue weighted by molar-refractivity contribution is 0.0947. The first-order valence-electron chi connectivity index (χ1n) is 8.30. The van der Waals surface area contributed by atoms with Crippen molar-refractivity contribution in [1.29, 1.82) is 0 Å². The molecule has 0 aliphatic carbocycles. The molecule has 0 radical (unpaired) electrons. The first-order valence-corrected chi connectivity index (χ1v) is 9.09.